The second-order valence-electron chi connectivity index (χ2n) is 4.89. The first-order chi connectivity index (χ1) is 7.74. The molecule has 3 nitrogen and oxygen atoms in total. The van der Waals surface area contributed by atoms with Gasteiger partial charge in [-0.15, -0.1) is 5.47 Å². The molecule has 1 aliphatic carbocycles. The lowest BCUT2D eigenvalue weighted by Crippen LogP contribution is -2.26. The Morgan fingerprint density at radius 2 is 1.82 bits per heavy atom. The summed E-state index contributed by atoms with van der Waals surface area (Å²) in [4.78, 5) is 8.36. The van der Waals surface area contributed by atoms with E-state index in [1.807, 2.05) is 26.8 Å². The minimum Gasteiger partial charge on any atom is -0.483 e. The van der Waals surface area contributed by atoms with Gasteiger partial charge in [0, 0.05) is 5.54 Å². The van der Waals surface area contributed by atoms with Gasteiger partial charge in [-0.1, -0.05) is 24.6 Å². The van der Waals surface area contributed by atoms with Gasteiger partial charge in [-0.05, 0) is 40.0 Å². The fourth-order valence-electron chi connectivity index (χ4n) is 0.991. The molecule has 0 fully saturated rings. The molecule has 0 heterocycles. The number of hydrogen-bond donors (Lipinski definition) is 2. The van der Waals surface area contributed by atoms with E-state index >= 15 is 0 Å². The fraction of sp³-hybridized carbons (Fsp3) is 0.615. The normalized spacial score (nSPS) is 14.2. The van der Waals surface area contributed by atoms with Gasteiger partial charge in [0.15, 0.2) is 0 Å². The number of carbonyl (C=O) groups is 1. The Bertz CT molecular complexity index is 259. The maximum Gasteiger partial charge on any atom is 0.290 e. The predicted octanol–water partition coefficient (Wildman–Crippen LogP) is 2.61. The van der Waals surface area contributed by atoms with Crippen molar-refractivity contribution in [2.24, 2.45) is 5.73 Å². The minimum absolute atomic E-state index is 0. The second-order valence-corrected chi connectivity index (χ2v) is 4.89. The van der Waals surface area contributed by atoms with Crippen LogP contribution in [0.4, 0.5) is 0 Å². The molecule has 0 amide bonds. The average Bonchev–Trinajstić information content (AvgIpc) is 2.17. The SMILES string of the molecule is CC(C)(C)N.O=CO.[B]C1=CC=C(CC)CC1. The number of nitrogens with two attached hydrogens (primary N) is 1. The van der Waals surface area contributed by atoms with Crippen LogP contribution in [0.15, 0.2) is 23.2 Å². The van der Waals surface area contributed by atoms with Crippen molar-refractivity contribution in [3.63, 3.8) is 0 Å². The molecule has 0 bridgehead atoms. The summed E-state index contributed by atoms with van der Waals surface area (Å²) in [5.74, 6) is 0. The van der Waals surface area contributed by atoms with Crippen molar-refractivity contribution in [3.05, 3.63) is 23.2 Å². The quantitative estimate of drug-likeness (QED) is 0.544. The number of allylic oxidation sites excluding steroid dienone is 4. The fourth-order valence-corrected chi connectivity index (χ4v) is 0.991. The molecule has 4 heteroatoms. The van der Waals surface area contributed by atoms with E-state index in [9.17, 15) is 0 Å². The van der Waals surface area contributed by atoms with Gasteiger partial charge in [-0.2, -0.15) is 0 Å². The zero-order valence-corrected chi connectivity index (χ0v) is 11.4. The third-order valence-corrected chi connectivity index (χ3v) is 1.72. The zero-order chi connectivity index (χ0) is 13.9. The van der Waals surface area contributed by atoms with Gasteiger partial charge >= 0.3 is 0 Å². The molecular formula is C13H24BNO2. The molecule has 0 aromatic carbocycles. The zero-order valence-electron chi connectivity index (χ0n) is 11.4. The Morgan fingerprint density at radius 3 is 2.06 bits per heavy atom. The molecule has 1 aliphatic rings. The number of rotatable bonds is 1. The number of carboxylic acid groups (broad SMARTS) is 1. The van der Waals surface area contributed by atoms with Crippen molar-refractivity contribution in [2.45, 2.75) is 52.5 Å². The molecule has 0 unspecified atom stereocenters. The molecule has 0 atom stereocenters. The molecule has 0 aromatic heterocycles. The summed E-state index contributed by atoms with van der Waals surface area (Å²) < 4.78 is 0. The average molecular weight is 237 g/mol. The molecule has 17 heavy (non-hydrogen) atoms. The Labute approximate surface area is 106 Å². The molecular weight excluding hydrogens is 213 g/mol. The smallest absolute Gasteiger partial charge is 0.290 e. The van der Waals surface area contributed by atoms with Crippen LogP contribution in [0.3, 0.4) is 0 Å². The van der Waals surface area contributed by atoms with E-state index in [1.54, 1.807) is 0 Å². The summed E-state index contributed by atoms with van der Waals surface area (Å²) in [7, 11) is 5.57. The summed E-state index contributed by atoms with van der Waals surface area (Å²) in [6.45, 7) is 7.83. The van der Waals surface area contributed by atoms with Gasteiger partial charge in [-0.3, -0.25) is 4.79 Å². The molecule has 0 aromatic rings. The molecule has 2 radical (unpaired) electrons. The molecule has 1 rings (SSSR count). The first kappa shape index (κ1) is 18.3. The Morgan fingerprint density at radius 1 is 1.41 bits per heavy atom. The highest BCUT2D eigenvalue weighted by molar-refractivity contribution is 6.21. The van der Waals surface area contributed by atoms with Crippen molar-refractivity contribution in [2.75, 3.05) is 0 Å². The van der Waals surface area contributed by atoms with E-state index in [1.165, 1.54) is 18.4 Å². The topological polar surface area (TPSA) is 63.3 Å². The van der Waals surface area contributed by atoms with E-state index in [4.69, 9.17) is 23.5 Å². The van der Waals surface area contributed by atoms with E-state index < -0.39 is 0 Å². The third-order valence-electron chi connectivity index (χ3n) is 1.72. The van der Waals surface area contributed by atoms with E-state index in [2.05, 4.69) is 13.0 Å². The van der Waals surface area contributed by atoms with E-state index in [-0.39, 0.29) is 12.0 Å². The maximum atomic E-state index is 8.36. The highest BCUT2D eigenvalue weighted by Crippen LogP contribution is 2.17. The van der Waals surface area contributed by atoms with Crippen LogP contribution in [0.1, 0.15) is 47.0 Å². The van der Waals surface area contributed by atoms with Crippen LogP contribution < -0.4 is 5.73 Å². The van der Waals surface area contributed by atoms with E-state index in [0.29, 0.717) is 0 Å². The summed E-state index contributed by atoms with van der Waals surface area (Å²) in [6, 6.07) is 0. The van der Waals surface area contributed by atoms with Gasteiger partial charge in [0.1, 0.15) is 7.85 Å². The Kier molecular flexibility index (Phi) is 11.0. The number of hydrogen-bond acceptors (Lipinski definition) is 2. The van der Waals surface area contributed by atoms with Crippen LogP contribution in [-0.4, -0.2) is 25.0 Å². The highest BCUT2D eigenvalue weighted by atomic mass is 16.3. The second kappa shape index (κ2) is 10.1. The maximum absolute atomic E-state index is 8.36. The van der Waals surface area contributed by atoms with Gasteiger partial charge < -0.3 is 10.8 Å². The van der Waals surface area contributed by atoms with Crippen LogP contribution in [-0.2, 0) is 4.79 Å². The van der Waals surface area contributed by atoms with Gasteiger partial charge in [-0.25, -0.2) is 0 Å². The summed E-state index contributed by atoms with van der Waals surface area (Å²) in [5.41, 5.74) is 7.89. The molecule has 3 N–H and O–H groups in total. The van der Waals surface area contributed by atoms with Crippen LogP contribution >= 0.6 is 0 Å². The molecule has 0 saturated carbocycles. The lowest BCUT2D eigenvalue weighted by atomic mass is 9.85. The lowest BCUT2D eigenvalue weighted by Gasteiger charge is -2.09. The molecule has 0 aliphatic heterocycles. The third kappa shape index (κ3) is 20.9. The summed E-state index contributed by atoms with van der Waals surface area (Å²) >= 11 is 0. The Hall–Kier alpha value is -1.03. The van der Waals surface area contributed by atoms with Gasteiger partial charge in [0.2, 0.25) is 0 Å². The Balaban J connectivity index is 0. The van der Waals surface area contributed by atoms with Crippen LogP contribution in [0.25, 0.3) is 0 Å². The van der Waals surface area contributed by atoms with Crippen molar-refractivity contribution >= 4 is 14.3 Å². The first-order valence-electron chi connectivity index (χ1n) is 5.75. The summed E-state index contributed by atoms with van der Waals surface area (Å²) in [5, 5.41) is 6.89. The van der Waals surface area contributed by atoms with Crippen molar-refractivity contribution in [1.82, 2.24) is 0 Å². The lowest BCUT2D eigenvalue weighted by molar-refractivity contribution is -0.122. The van der Waals surface area contributed by atoms with Crippen molar-refractivity contribution in [1.29, 1.82) is 0 Å². The first-order valence-corrected chi connectivity index (χ1v) is 5.75. The molecule has 0 saturated heterocycles. The standard InChI is InChI=1S/C8H11B.C4H11N.CH2O2/c1-2-7-3-5-8(9)6-4-7;1-4(2,3)5;2-1-3/h3,5H,2,4,6H2,1H3;5H2,1-3H3;1H,(H,2,3). The van der Waals surface area contributed by atoms with Crippen LogP contribution in [0.2, 0.25) is 0 Å². The molecule has 0 spiro atoms. The van der Waals surface area contributed by atoms with Gasteiger partial charge in [0.25, 0.3) is 6.47 Å². The monoisotopic (exact) mass is 237 g/mol. The van der Waals surface area contributed by atoms with Crippen molar-refractivity contribution in [3.8, 4) is 0 Å². The predicted molar refractivity (Wildman–Crippen MR) is 74.1 cm³/mol. The van der Waals surface area contributed by atoms with Crippen LogP contribution in [0.5, 0.6) is 0 Å². The molecule has 96 valence electrons. The highest BCUT2D eigenvalue weighted by Gasteiger charge is 1.98. The van der Waals surface area contributed by atoms with Crippen LogP contribution in [0, 0.1) is 0 Å². The van der Waals surface area contributed by atoms with Crippen molar-refractivity contribution < 1.29 is 9.90 Å². The summed E-state index contributed by atoms with van der Waals surface area (Å²) in [6.07, 6.45) is 7.55. The largest absolute Gasteiger partial charge is 0.483 e. The van der Waals surface area contributed by atoms with Gasteiger partial charge in [0.05, 0.1) is 0 Å². The minimum atomic E-state index is -0.250. The van der Waals surface area contributed by atoms with E-state index in [0.717, 1.165) is 11.9 Å².